The number of fused-ring (bicyclic) bond motifs is 1. The molecule has 0 aliphatic heterocycles. The molecule has 2 N–H and O–H groups in total. The van der Waals surface area contributed by atoms with Gasteiger partial charge in [0, 0.05) is 40.6 Å². The van der Waals surface area contributed by atoms with Crippen molar-refractivity contribution in [1.82, 2.24) is 15.3 Å². The summed E-state index contributed by atoms with van der Waals surface area (Å²) in [5, 5.41) is 4.52. The average molecular weight is 368 g/mol. The lowest BCUT2D eigenvalue weighted by Crippen LogP contribution is -2.25. The van der Waals surface area contributed by atoms with Crippen molar-refractivity contribution in [3.63, 3.8) is 0 Å². The number of benzene rings is 1. The normalized spacial score (nSPS) is 11.8. The van der Waals surface area contributed by atoms with Gasteiger partial charge in [0.2, 0.25) is 0 Å². The van der Waals surface area contributed by atoms with E-state index in [0.29, 0.717) is 11.6 Å². The van der Waals surface area contributed by atoms with Crippen LogP contribution in [0.4, 0.5) is 0 Å². The van der Waals surface area contributed by atoms with Crippen LogP contribution in [0, 0.1) is 0 Å². The van der Waals surface area contributed by atoms with E-state index in [9.17, 15) is 4.79 Å². The van der Waals surface area contributed by atoms with Crippen LogP contribution in [-0.2, 0) is 16.1 Å². The Labute approximate surface area is 156 Å². The summed E-state index contributed by atoms with van der Waals surface area (Å²) in [6, 6.07) is 11.4. The van der Waals surface area contributed by atoms with Crippen molar-refractivity contribution < 1.29 is 9.53 Å². The number of amides is 1. The minimum atomic E-state index is -0.288. The van der Waals surface area contributed by atoms with Gasteiger partial charge in [0.1, 0.15) is 0 Å². The number of methoxy groups -OCH3 is 1. The second-order valence-electron chi connectivity index (χ2n) is 5.59. The molecule has 0 spiro atoms. The molecule has 0 fully saturated rings. The van der Waals surface area contributed by atoms with Crippen LogP contribution in [0.5, 0.6) is 0 Å². The van der Waals surface area contributed by atoms with Gasteiger partial charge in [-0.15, -0.1) is 0 Å². The van der Waals surface area contributed by atoms with E-state index in [1.165, 1.54) is 7.11 Å². The van der Waals surface area contributed by atoms with Gasteiger partial charge in [-0.2, -0.15) is 0 Å². The standard InChI is InChI=1S/C20H18ClN3O2/c1-26-19(20(25)23-13-14-4-3-9-22-12-14)6-2-5-17-11-15-10-16(21)7-8-18(15)24-17/h2-12,24H,13H2,1H3,(H,23,25). The maximum Gasteiger partial charge on any atom is 0.286 e. The van der Waals surface area contributed by atoms with Crippen molar-refractivity contribution in [3.05, 3.63) is 83.0 Å². The van der Waals surface area contributed by atoms with Crippen molar-refractivity contribution >= 4 is 34.5 Å². The summed E-state index contributed by atoms with van der Waals surface area (Å²) in [4.78, 5) is 19.5. The number of rotatable bonds is 6. The van der Waals surface area contributed by atoms with E-state index < -0.39 is 0 Å². The number of carbonyl (C=O) groups excluding carboxylic acids is 1. The molecular formula is C20H18ClN3O2. The molecule has 3 rings (SSSR count). The Kier molecular flexibility index (Phi) is 5.71. The molecule has 3 aromatic rings. The van der Waals surface area contributed by atoms with Gasteiger partial charge in [-0.1, -0.05) is 23.7 Å². The molecule has 26 heavy (non-hydrogen) atoms. The number of aromatic amines is 1. The minimum absolute atomic E-state index is 0.226. The second kappa shape index (κ2) is 8.36. The highest BCUT2D eigenvalue weighted by molar-refractivity contribution is 6.31. The predicted octanol–water partition coefficient (Wildman–Crippen LogP) is 4.08. The molecule has 5 nitrogen and oxygen atoms in total. The molecule has 0 bridgehead atoms. The summed E-state index contributed by atoms with van der Waals surface area (Å²) in [7, 11) is 1.47. The molecule has 0 radical (unpaired) electrons. The van der Waals surface area contributed by atoms with Gasteiger partial charge in [-0.3, -0.25) is 9.78 Å². The number of pyridine rings is 1. The van der Waals surface area contributed by atoms with E-state index >= 15 is 0 Å². The molecule has 1 amide bonds. The maximum absolute atomic E-state index is 12.2. The first-order valence-corrected chi connectivity index (χ1v) is 8.41. The van der Waals surface area contributed by atoms with Gasteiger partial charge in [0.15, 0.2) is 5.76 Å². The Balaban J connectivity index is 1.65. The first-order valence-electron chi connectivity index (χ1n) is 8.03. The van der Waals surface area contributed by atoms with E-state index in [2.05, 4.69) is 15.3 Å². The van der Waals surface area contributed by atoms with Crippen LogP contribution in [0.2, 0.25) is 5.02 Å². The maximum atomic E-state index is 12.2. The molecule has 1 aromatic carbocycles. The first kappa shape index (κ1) is 17.8. The van der Waals surface area contributed by atoms with Gasteiger partial charge in [-0.25, -0.2) is 0 Å². The Morgan fingerprint density at radius 2 is 2.23 bits per heavy atom. The van der Waals surface area contributed by atoms with Crippen molar-refractivity contribution in [2.45, 2.75) is 6.54 Å². The van der Waals surface area contributed by atoms with E-state index in [-0.39, 0.29) is 11.7 Å². The molecule has 0 saturated heterocycles. The smallest absolute Gasteiger partial charge is 0.286 e. The molecule has 0 aliphatic carbocycles. The van der Waals surface area contributed by atoms with Crippen molar-refractivity contribution in [2.24, 2.45) is 0 Å². The topological polar surface area (TPSA) is 67.0 Å². The van der Waals surface area contributed by atoms with Gasteiger partial charge in [-0.05, 0) is 48.0 Å². The van der Waals surface area contributed by atoms with Crippen molar-refractivity contribution in [3.8, 4) is 0 Å². The van der Waals surface area contributed by atoms with Crippen LogP contribution < -0.4 is 5.32 Å². The molecule has 132 valence electrons. The SMILES string of the molecule is COC(=CC=Cc1cc2cc(Cl)ccc2[nH]1)C(=O)NCc1cccnc1. The van der Waals surface area contributed by atoms with Crippen LogP contribution in [0.1, 0.15) is 11.3 Å². The largest absolute Gasteiger partial charge is 0.491 e. The number of nitrogens with zero attached hydrogens (tertiary/aromatic N) is 1. The summed E-state index contributed by atoms with van der Waals surface area (Å²) in [6.45, 7) is 0.389. The summed E-state index contributed by atoms with van der Waals surface area (Å²) < 4.78 is 5.17. The number of carbonyl (C=O) groups is 1. The molecular weight excluding hydrogens is 350 g/mol. The van der Waals surface area contributed by atoms with Crippen molar-refractivity contribution in [2.75, 3.05) is 7.11 Å². The molecule has 6 heteroatoms. The molecule has 2 heterocycles. The Morgan fingerprint density at radius 3 is 3.00 bits per heavy atom. The fourth-order valence-electron chi connectivity index (χ4n) is 2.46. The number of aromatic nitrogens is 2. The van der Waals surface area contributed by atoms with Crippen LogP contribution in [0.15, 0.2) is 66.7 Å². The molecule has 0 saturated carbocycles. The van der Waals surface area contributed by atoms with Gasteiger partial charge < -0.3 is 15.0 Å². The number of hydrogen-bond donors (Lipinski definition) is 2. The zero-order valence-electron chi connectivity index (χ0n) is 14.2. The zero-order chi connectivity index (χ0) is 18.4. The molecule has 0 aliphatic rings. The zero-order valence-corrected chi connectivity index (χ0v) is 15.0. The lowest BCUT2D eigenvalue weighted by Gasteiger charge is -2.07. The number of halogens is 1. The van der Waals surface area contributed by atoms with E-state index in [1.807, 2.05) is 42.5 Å². The van der Waals surface area contributed by atoms with E-state index in [0.717, 1.165) is 22.2 Å². The van der Waals surface area contributed by atoms with E-state index in [4.69, 9.17) is 16.3 Å². The Hall–Kier alpha value is -3.05. The monoisotopic (exact) mass is 367 g/mol. The summed E-state index contributed by atoms with van der Waals surface area (Å²) in [5.41, 5.74) is 2.83. The Bertz CT molecular complexity index is 962. The highest BCUT2D eigenvalue weighted by Crippen LogP contribution is 2.20. The first-order chi connectivity index (χ1) is 12.7. The van der Waals surface area contributed by atoms with Gasteiger partial charge in [0.25, 0.3) is 5.91 Å². The predicted molar refractivity (Wildman–Crippen MR) is 104 cm³/mol. The van der Waals surface area contributed by atoms with Crippen LogP contribution in [0.3, 0.4) is 0 Å². The van der Waals surface area contributed by atoms with E-state index in [1.54, 1.807) is 24.5 Å². The van der Waals surface area contributed by atoms with Crippen molar-refractivity contribution in [1.29, 1.82) is 0 Å². The lowest BCUT2D eigenvalue weighted by molar-refractivity contribution is -0.120. The number of ether oxygens (including phenoxy) is 1. The Morgan fingerprint density at radius 1 is 1.35 bits per heavy atom. The third kappa shape index (κ3) is 4.52. The number of hydrogen-bond acceptors (Lipinski definition) is 3. The van der Waals surface area contributed by atoms with Gasteiger partial charge in [0.05, 0.1) is 7.11 Å². The quantitative estimate of drug-likeness (QED) is 0.392. The lowest BCUT2D eigenvalue weighted by atomic mass is 10.2. The highest BCUT2D eigenvalue weighted by Gasteiger charge is 2.08. The minimum Gasteiger partial charge on any atom is -0.491 e. The second-order valence-corrected chi connectivity index (χ2v) is 6.03. The summed E-state index contributed by atoms with van der Waals surface area (Å²) in [6.07, 6.45) is 8.64. The highest BCUT2D eigenvalue weighted by atomic mass is 35.5. The molecule has 0 atom stereocenters. The molecule has 0 unspecified atom stereocenters. The van der Waals surface area contributed by atoms with Crippen LogP contribution in [-0.4, -0.2) is 23.0 Å². The number of allylic oxidation sites excluding steroid dienone is 2. The fourth-order valence-corrected chi connectivity index (χ4v) is 2.64. The third-order valence-electron chi connectivity index (χ3n) is 3.75. The number of H-pyrrole nitrogens is 1. The van der Waals surface area contributed by atoms with Crippen LogP contribution in [0.25, 0.3) is 17.0 Å². The fraction of sp³-hybridized carbons (Fsp3) is 0.100. The van der Waals surface area contributed by atoms with Gasteiger partial charge >= 0.3 is 0 Å². The molecule has 2 aromatic heterocycles. The summed E-state index contributed by atoms with van der Waals surface area (Å²) in [5.74, 6) is -0.0614. The third-order valence-corrected chi connectivity index (χ3v) is 3.98. The number of nitrogens with one attached hydrogen (secondary N) is 2. The average Bonchev–Trinajstić information content (AvgIpc) is 3.06. The summed E-state index contributed by atoms with van der Waals surface area (Å²) >= 11 is 6.00. The van der Waals surface area contributed by atoms with Crippen LogP contribution >= 0.6 is 11.6 Å².